The third-order valence-electron chi connectivity index (χ3n) is 5.01. The molecule has 1 aliphatic carbocycles. The number of carbonyl (C=O) groups is 1. The van der Waals surface area contributed by atoms with E-state index in [4.69, 9.17) is 0 Å². The molecule has 26 heavy (non-hydrogen) atoms. The topological polar surface area (TPSA) is 53.8 Å². The first kappa shape index (κ1) is 18.7. The van der Waals surface area contributed by atoms with Crippen LogP contribution in [0.25, 0.3) is 0 Å². The van der Waals surface area contributed by atoms with Crippen LogP contribution in [0.3, 0.4) is 0 Å². The lowest BCUT2D eigenvalue weighted by atomic mass is 9.74. The summed E-state index contributed by atoms with van der Waals surface area (Å²) in [5, 5.41) is 8.87. The number of nitrogens with zero attached hydrogens (tertiary/aromatic N) is 2. The molecule has 1 aliphatic heterocycles. The quantitative estimate of drug-likeness (QED) is 0.698. The Labute approximate surface area is 146 Å². The fourth-order valence-corrected chi connectivity index (χ4v) is 3.17. The van der Waals surface area contributed by atoms with E-state index in [1.54, 1.807) is 0 Å². The van der Waals surface area contributed by atoms with E-state index < -0.39 is 36.5 Å². The van der Waals surface area contributed by atoms with Gasteiger partial charge in [0.05, 0.1) is 0 Å². The lowest BCUT2D eigenvalue weighted by Gasteiger charge is -2.32. The zero-order valence-corrected chi connectivity index (χ0v) is 13.8. The molecule has 1 unspecified atom stereocenters. The molecule has 0 radical (unpaired) electrons. The van der Waals surface area contributed by atoms with E-state index in [0.717, 1.165) is 19.3 Å². The van der Waals surface area contributed by atoms with Crippen molar-refractivity contribution in [1.82, 2.24) is 5.32 Å². The predicted molar refractivity (Wildman–Crippen MR) is 82.3 cm³/mol. The Morgan fingerprint density at radius 3 is 2.23 bits per heavy atom. The first-order valence-electron chi connectivity index (χ1n) is 8.39. The van der Waals surface area contributed by atoms with Gasteiger partial charge in [0.1, 0.15) is 0 Å². The summed E-state index contributed by atoms with van der Waals surface area (Å²) in [7, 11) is 0. The van der Waals surface area contributed by atoms with Crippen molar-refractivity contribution in [3.63, 3.8) is 0 Å². The number of carbonyl (C=O) groups excluding carboxylic acids is 1. The summed E-state index contributed by atoms with van der Waals surface area (Å²) < 4.78 is 64.2. The maximum Gasteiger partial charge on any atom is 0.442 e. The molecule has 0 bridgehead atoms. The summed E-state index contributed by atoms with van der Waals surface area (Å²) in [6.07, 6.45) is -5.12. The monoisotopic (exact) mass is 375 g/mol. The molecule has 1 heterocycles. The maximum absolute atomic E-state index is 12.9. The van der Waals surface area contributed by atoms with Gasteiger partial charge in [-0.2, -0.15) is 13.2 Å². The Hall–Kier alpha value is -2.06. The fraction of sp³-hybridized carbons (Fsp3) is 0.588. The Bertz CT molecular complexity index is 677. The van der Waals surface area contributed by atoms with Crippen molar-refractivity contribution in [2.75, 3.05) is 0 Å². The minimum atomic E-state index is -4.59. The van der Waals surface area contributed by atoms with Crippen molar-refractivity contribution in [3.8, 4) is 0 Å². The molecule has 1 fully saturated rings. The highest BCUT2D eigenvalue weighted by Gasteiger charge is 2.65. The largest absolute Gasteiger partial charge is 0.442 e. The molecule has 0 saturated heterocycles. The molecule has 142 valence electrons. The summed E-state index contributed by atoms with van der Waals surface area (Å²) in [5.74, 6) is -1.17. The van der Waals surface area contributed by atoms with Crippen LogP contribution in [0.15, 0.2) is 34.5 Å². The zero-order valence-electron chi connectivity index (χ0n) is 13.8. The highest BCUT2D eigenvalue weighted by molar-refractivity contribution is 5.79. The Balaban J connectivity index is 1.58. The smallest absolute Gasteiger partial charge is 0.352 e. The number of hydrogen-bond donors (Lipinski definition) is 1. The molecule has 2 aliphatic rings. The van der Waals surface area contributed by atoms with E-state index in [0.29, 0.717) is 5.56 Å². The van der Waals surface area contributed by atoms with Crippen molar-refractivity contribution in [3.05, 3.63) is 35.4 Å². The summed E-state index contributed by atoms with van der Waals surface area (Å²) in [6, 6.07) is 5.41. The van der Waals surface area contributed by atoms with Crippen LogP contribution in [0, 0.1) is 11.8 Å². The lowest BCUT2D eigenvalue weighted by molar-refractivity contribution is -0.166. The van der Waals surface area contributed by atoms with Crippen LogP contribution in [0.2, 0.25) is 0 Å². The van der Waals surface area contributed by atoms with Crippen molar-refractivity contribution in [2.24, 2.45) is 22.1 Å². The van der Waals surface area contributed by atoms with Gasteiger partial charge < -0.3 is 5.32 Å². The number of amides is 1. The summed E-state index contributed by atoms with van der Waals surface area (Å²) >= 11 is 0. The minimum Gasteiger partial charge on any atom is -0.352 e. The van der Waals surface area contributed by atoms with Crippen LogP contribution < -0.4 is 5.32 Å². The Morgan fingerprint density at radius 1 is 1.19 bits per heavy atom. The van der Waals surface area contributed by atoms with Crippen LogP contribution in [0.4, 0.5) is 22.0 Å². The van der Waals surface area contributed by atoms with E-state index >= 15 is 0 Å². The second-order valence-corrected chi connectivity index (χ2v) is 6.71. The van der Waals surface area contributed by atoms with Crippen LogP contribution >= 0.6 is 0 Å². The van der Waals surface area contributed by atoms with Gasteiger partial charge in [0, 0.05) is 24.4 Å². The maximum atomic E-state index is 12.9. The fourth-order valence-electron chi connectivity index (χ4n) is 3.17. The van der Waals surface area contributed by atoms with Gasteiger partial charge in [-0.25, -0.2) is 8.78 Å². The third-order valence-corrected chi connectivity index (χ3v) is 5.01. The highest BCUT2D eigenvalue weighted by atomic mass is 19.4. The van der Waals surface area contributed by atoms with Gasteiger partial charge >= 0.3 is 11.8 Å². The molecule has 1 N–H and O–H groups in total. The van der Waals surface area contributed by atoms with Crippen molar-refractivity contribution in [2.45, 2.75) is 50.5 Å². The number of rotatable bonds is 7. The summed E-state index contributed by atoms with van der Waals surface area (Å²) in [4.78, 5) is 12.2. The second kappa shape index (κ2) is 6.92. The Kier molecular flexibility index (Phi) is 4.98. The molecule has 0 aromatic heterocycles. The third kappa shape index (κ3) is 3.71. The summed E-state index contributed by atoms with van der Waals surface area (Å²) in [6.45, 7) is 0.0683. The van der Waals surface area contributed by atoms with E-state index in [1.165, 1.54) is 24.3 Å². The number of hydrogen-bond acceptors (Lipinski definition) is 3. The van der Waals surface area contributed by atoms with Gasteiger partial charge in [0.2, 0.25) is 12.3 Å². The molecule has 1 aromatic carbocycles. The minimum absolute atomic E-state index is 0.0175. The van der Waals surface area contributed by atoms with E-state index in [-0.39, 0.29) is 18.0 Å². The van der Waals surface area contributed by atoms with E-state index in [9.17, 15) is 26.7 Å². The number of benzene rings is 1. The molecule has 1 amide bonds. The molecule has 9 heteroatoms. The molecule has 0 spiro atoms. The van der Waals surface area contributed by atoms with Crippen LogP contribution in [0.1, 0.15) is 36.8 Å². The van der Waals surface area contributed by atoms with Gasteiger partial charge in [-0.05, 0) is 24.3 Å². The standard InChI is InChI=1S/C17H18F5N3O/c18-14(19)8-13(11-2-1-3-11)15(26)23-9-10-4-6-12(7-5-10)16(24-25-16)17(20,21)22/h4-7,11,13-14H,1-3,8-9H2,(H,23,26). The first-order chi connectivity index (χ1) is 12.2. The first-order valence-corrected chi connectivity index (χ1v) is 8.39. The van der Waals surface area contributed by atoms with Crippen molar-refractivity contribution in [1.29, 1.82) is 0 Å². The second-order valence-electron chi connectivity index (χ2n) is 6.71. The SMILES string of the molecule is O=C(NCc1ccc(C2(C(F)(F)F)N=N2)cc1)C(CC(F)F)C1CCC1. The molecule has 1 atom stereocenters. The highest BCUT2D eigenvalue weighted by Crippen LogP contribution is 2.52. The number of nitrogens with one attached hydrogen (secondary N) is 1. The van der Waals surface area contributed by atoms with Crippen LogP contribution in [-0.2, 0) is 17.0 Å². The Morgan fingerprint density at radius 2 is 1.81 bits per heavy atom. The van der Waals surface area contributed by atoms with Gasteiger partial charge in [0.15, 0.2) is 0 Å². The van der Waals surface area contributed by atoms with E-state index in [2.05, 4.69) is 15.5 Å². The molecule has 3 rings (SSSR count). The summed E-state index contributed by atoms with van der Waals surface area (Å²) in [5.41, 5.74) is -1.99. The van der Waals surface area contributed by atoms with Gasteiger partial charge in [-0.15, -0.1) is 10.2 Å². The molecular formula is C17H18F5N3O. The molecule has 1 saturated carbocycles. The average molecular weight is 375 g/mol. The van der Waals surface area contributed by atoms with Crippen molar-refractivity contribution >= 4 is 5.91 Å². The van der Waals surface area contributed by atoms with Crippen molar-refractivity contribution < 1.29 is 26.7 Å². The lowest BCUT2D eigenvalue weighted by Crippen LogP contribution is -2.38. The van der Waals surface area contributed by atoms with E-state index in [1.807, 2.05) is 0 Å². The van der Waals surface area contributed by atoms with Crippen LogP contribution in [-0.4, -0.2) is 18.5 Å². The average Bonchev–Trinajstić information content (AvgIpc) is 3.32. The predicted octanol–water partition coefficient (Wildman–Crippen LogP) is 4.56. The zero-order chi connectivity index (χ0) is 18.9. The number of halogens is 5. The van der Waals surface area contributed by atoms with Gasteiger partial charge in [-0.3, -0.25) is 4.79 Å². The molecular weight excluding hydrogens is 357 g/mol. The van der Waals surface area contributed by atoms with Gasteiger partial charge in [0.25, 0.3) is 0 Å². The van der Waals surface area contributed by atoms with Gasteiger partial charge in [-0.1, -0.05) is 30.7 Å². The molecule has 4 nitrogen and oxygen atoms in total. The van der Waals surface area contributed by atoms with Crippen LogP contribution in [0.5, 0.6) is 0 Å². The number of alkyl halides is 5. The normalized spacial score (nSPS) is 19.9. The molecule has 1 aromatic rings.